The first-order valence-corrected chi connectivity index (χ1v) is 7.53. The molecule has 4 heteroatoms. The second-order valence-electron chi connectivity index (χ2n) is 4.93. The Balaban J connectivity index is 1.99. The molecule has 0 fully saturated rings. The number of ether oxygens (including phenoxy) is 1. The maximum atomic E-state index is 14.2. The minimum absolute atomic E-state index is 0.122. The molecule has 1 atom stereocenters. The lowest BCUT2D eigenvalue weighted by molar-refractivity contribution is 0.0946. The van der Waals surface area contributed by atoms with Gasteiger partial charge in [-0.1, -0.05) is 6.07 Å². The van der Waals surface area contributed by atoms with Crippen LogP contribution in [0.25, 0.3) is 0 Å². The number of halogens is 1. The zero-order chi connectivity index (χ0) is 14.1. The number of thiophene rings is 1. The van der Waals surface area contributed by atoms with E-state index in [0.29, 0.717) is 0 Å². The van der Waals surface area contributed by atoms with Gasteiger partial charge in [0.1, 0.15) is 0 Å². The van der Waals surface area contributed by atoms with Crippen molar-refractivity contribution in [3.8, 4) is 5.75 Å². The highest BCUT2D eigenvalue weighted by Gasteiger charge is 2.30. The number of carbonyl (C=O) groups excluding carboxylic acids is 1. The van der Waals surface area contributed by atoms with E-state index in [1.54, 1.807) is 23.5 Å². The van der Waals surface area contributed by atoms with Crippen molar-refractivity contribution in [2.24, 2.45) is 0 Å². The molecule has 1 unspecified atom stereocenters. The van der Waals surface area contributed by atoms with Crippen molar-refractivity contribution in [2.45, 2.75) is 25.2 Å². The van der Waals surface area contributed by atoms with E-state index in [1.165, 1.54) is 18.1 Å². The van der Waals surface area contributed by atoms with Crippen molar-refractivity contribution in [3.05, 3.63) is 51.5 Å². The zero-order valence-electron chi connectivity index (χ0n) is 11.2. The van der Waals surface area contributed by atoms with Gasteiger partial charge in [0, 0.05) is 10.8 Å². The highest BCUT2D eigenvalue weighted by molar-refractivity contribution is 7.10. The number of rotatable bonds is 3. The van der Waals surface area contributed by atoms with Crippen LogP contribution in [-0.2, 0) is 6.42 Å². The van der Waals surface area contributed by atoms with Crippen molar-refractivity contribution in [2.75, 3.05) is 7.11 Å². The minimum Gasteiger partial charge on any atom is -0.494 e. The van der Waals surface area contributed by atoms with Crippen LogP contribution in [0.1, 0.15) is 39.6 Å². The summed E-state index contributed by atoms with van der Waals surface area (Å²) in [6.45, 7) is 0. The molecule has 0 saturated carbocycles. The normalized spacial score (nSPS) is 17.6. The van der Waals surface area contributed by atoms with Gasteiger partial charge < -0.3 is 4.74 Å². The number of fused-ring (bicyclic) bond motifs is 1. The Hall–Kier alpha value is -1.68. The molecule has 2 nitrogen and oxygen atoms in total. The number of benzene rings is 1. The maximum absolute atomic E-state index is 14.2. The Morgan fingerprint density at radius 1 is 1.40 bits per heavy atom. The van der Waals surface area contributed by atoms with Gasteiger partial charge in [0.05, 0.1) is 12.7 Å². The molecule has 1 aromatic heterocycles. The lowest BCUT2D eigenvalue weighted by Gasteiger charge is -2.21. The maximum Gasteiger partial charge on any atom is 0.175 e. The third kappa shape index (κ3) is 2.14. The SMILES string of the molecule is COc1cccc(C(=O)C2CCCc3sccc32)c1F. The highest BCUT2D eigenvalue weighted by Crippen LogP contribution is 2.37. The number of methoxy groups -OCH3 is 1. The molecule has 1 aliphatic rings. The molecule has 0 N–H and O–H groups in total. The summed E-state index contributed by atoms with van der Waals surface area (Å²) in [5.74, 6) is -0.785. The van der Waals surface area contributed by atoms with E-state index in [9.17, 15) is 9.18 Å². The summed E-state index contributed by atoms with van der Waals surface area (Å²) in [7, 11) is 1.41. The van der Waals surface area contributed by atoms with Crippen LogP contribution >= 0.6 is 11.3 Å². The third-order valence-electron chi connectivity index (χ3n) is 3.82. The molecular formula is C16H15FO2S. The van der Waals surface area contributed by atoms with Gasteiger partial charge in [-0.05, 0) is 48.4 Å². The average Bonchev–Trinajstić information content (AvgIpc) is 2.95. The Bertz CT molecular complexity index is 648. The first-order valence-electron chi connectivity index (χ1n) is 6.65. The van der Waals surface area contributed by atoms with Gasteiger partial charge in [0.2, 0.25) is 0 Å². The van der Waals surface area contributed by atoms with Crippen molar-refractivity contribution in [1.29, 1.82) is 0 Å². The lowest BCUT2D eigenvalue weighted by atomic mass is 9.82. The molecule has 3 rings (SSSR count). The van der Waals surface area contributed by atoms with E-state index in [2.05, 4.69) is 0 Å². The molecule has 1 heterocycles. The fourth-order valence-corrected chi connectivity index (χ4v) is 3.79. The smallest absolute Gasteiger partial charge is 0.175 e. The zero-order valence-corrected chi connectivity index (χ0v) is 12.0. The lowest BCUT2D eigenvalue weighted by Crippen LogP contribution is -2.18. The Morgan fingerprint density at radius 2 is 2.25 bits per heavy atom. The Labute approximate surface area is 121 Å². The van der Waals surface area contributed by atoms with Gasteiger partial charge in [-0.15, -0.1) is 11.3 Å². The van der Waals surface area contributed by atoms with Crippen molar-refractivity contribution >= 4 is 17.1 Å². The molecule has 1 aromatic carbocycles. The molecule has 20 heavy (non-hydrogen) atoms. The van der Waals surface area contributed by atoms with E-state index in [0.717, 1.165) is 24.8 Å². The van der Waals surface area contributed by atoms with E-state index < -0.39 is 5.82 Å². The van der Waals surface area contributed by atoms with Crippen molar-refractivity contribution in [3.63, 3.8) is 0 Å². The van der Waals surface area contributed by atoms with Crippen LogP contribution in [0, 0.1) is 5.82 Å². The van der Waals surface area contributed by atoms with Gasteiger partial charge in [0.25, 0.3) is 0 Å². The average molecular weight is 290 g/mol. The van der Waals surface area contributed by atoms with Crippen molar-refractivity contribution in [1.82, 2.24) is 0 Å². The fraction of sp³-hybridized carbons (Fsp3) is 0.312. The first-order chi connectivity index (χ1) is 9.72. The summed E-state index contributed by atoms with van der Waals surface area (Å²) in [6.07, 6.45) is 2.80. The van der Waals surface area contributed by atoms with Crippen LogP contribution in [0.15, 0.2) is 29.6 Å². The molecule has 0 aliphatic heterocycles. The van der Waals surface area contributed by atoms with Crippen LogP contribution in [-0.4, -0.2) is 12.9 Å². The van der Waals surface area contributed by atoms with Gasteiger partial charge in [-0.25, -0.2) is 4.39 Å². The monoisotopic (exact) mass is 290 g/mol. The third-order valence-corrected chi connectivity index (χ3v) is 4.81. The quantitative estimate of drug-likeness (QED) is 0.792. The summed E-state index contributed by atoms with van der Waals surface area (Å²) < 4.78 is 19.2. The molecule has 2 aromatic rings. The first kappa shape index (κ1) is 13.3. The van der Waals surface area contributed by atoms with Gasteiger partial charge >= 0.3 is 0 Å². The van der Waals surface area contributed by atoms with Crippen LogP contribution in [0.5, 0.6) is 5.75 Å². The van der Waals surface area contributed by atoms with Crippen LogP contribution in [0.2, 0.25) is 0 Å². The summed E-state index contributed by atoms with van der Waals surface area (Å²) in [5, 5.41) is 2.01. The highest BCUT2D eigenvalue weighted by atomic mass is 32.1. The second-order valence-corrected chi connectivity index (χ2v) is 5.93. The molecular weight excluding hydrogens is 275 g/mol. The van der Waals surface area contributed by atoms with E-state index in [4.69, 9.17) is 4.74 Å². The predicted molar refractivity (Wildman–Crippen MR) is 77.3 cm³/mol. The van der Waals surface area contributed by atoms with Crippen LogP contribution in [0.3, 0.4) is 0 Å². The van der Waals surface area contributed by atoms with E-state index >= 15 is 0 Å². The topological polar surface area (TPSA) is 26.3 Å². The van der Waals surface area contributed by atoms with E-state index in [1.807, 2.05) is 11.4 Å². The number of Topliss-reactive ketones (excluding diaryl/α,β-unsaturated/α-hetero) is 1. The number of hydrogen-bond acceptors (Lipinski definition) is 3. The molecule has 104 valence electrons. The molecule has 0 amide bonds. The molecule has 0 bridgehead atoms. The number of carbonyl (C=O) groups is 1. The molecule has 0 spiro atoms. The largest absolute Gasteiger partial charge is 0.494 e. The number of ketones is 1. The van der Waals surface area contributed by atoms with Crippen LogP contribution in [0.4, 0.5) is 4.39 Å². The summed E-state index contributed by atoms with van der Waals surface area (Å²) in [4.78, 5) is 13.9. The Morgan fingerprint density at radius 3 is 3.05 bits per heavy atom. The minimum atomic E-state index is -0.553. The molecule has 0 radical (unpaired) electrons. The molecule has 1 aliphatic carbocycles. The van der Waals surface area contributed by atoms with Crippen LogP contribution < -0.4 is 4.74 Å². The second kappa shape index (κ2) is 5.37. The fourth-order valence-electron chi connectivity index (χ4n) is 2.81. The number of aryl methyl sites for hydroxylation is 1. The summed E-state index contributed by atoms with van der Waals surface area (Å²) in [6, 6.07) is 6.73. The predicted octanol–water partition coefficient (Wildman–Crippen LogP) is 4.20. The Kier molecular flexibility index (Phi) is 3.57. The number of hydrogen-bond donors (Lipinski definition) is 0. The summed E-state index contributed by atoms with van der Waals surface area (Å²) in [5.41, 5.74) is 1.21. The molecule has 0 saturated heterocycles. The van der Waals surface area contributed by atoms with Gasteiger partial charge in [-0.2, -0.15) is 0 Å². The van der Waals surface area contributed by atoms with Gasteiger partial charge in [0.15, 0.2) is 17.3 Å². The van der Waals surface area contributed by atoms with Crippen molar-refractivity contribution < 1.29 is 13.9 Å². The summed E-state index contributed by atoms with van der Waals surface area (Å²) >= 11 is 1.68. The van der Waals surface area contributed by atoms with Gasteiger partial charge in [-0.3, -0.25) is 4.79 Å². The van der Waals surface area contributed by atoms with E-state index in [-0.39, 0.29) is 23.0 Å². The standard InChI is InChI=1S/C16H15FO2S/c1-19-13-6-2-5-12(15(13)17)16(18)11-4-3-7-14-10(11)8-9-20-14/h2,5-6,8-9,11H,3-4,7H2,1H3.